The smallest absolute Gasteiger partial charge is 0.240 e. The molecule has 2 aliphatic rings. The molecule has 1 atom stereocenters. The molecule has 2 aromatic carbocycles. The Kier molecular flexibility index (Phi) is 5.33. The molecule has 0 spiro atoms. The molecule has 1 amide bonds. The van der Waals surface area contributed by atoms with Crippen molar-refractivity contribution in [2.75, 3.05) is 4.90 Å². The molecule has 0 bridgehead atoms. The number of nitrogens with zero attached hydrogens (tertiary/aromatic N) is 1. The van der Waals surface area contributed by atoms with Crippen molar-refractivity contribution in [1.29, 1.82) is 0 Å². The lowest BCUT2D eigenvalue weighted by Gasteiger charge is -2.23. The van der Waals surface area contributed by atoms with Crippen LogP contribution in [0.25, 0.3) is 0 Å². The minimum Gasteiger partial charge on any atom is -0.309 e. The molecule has 0 aromatic heterocycles. The predicted octanol–water partition coefficient (Wildman–Crippen LogP) is 3.80. The number of aryl methyl sites for hydroxylation is 1. The van der Waals surface area contributed by atoms with E-state index in [0.29, 0.717) is 12.8 Å². The van der Waals surface area contributed by atoms with Crippen LogP contribution in [-0.4, -0.2) is 26.4 Å². The largest absolute Gasteiger partial charge is 0.309 e. The highest BCUT2D eigenvalue weighted by Gasteiger charge is 2.31. The zero-order valence-corrected chi connectivity index (χ0v) is 18.1. The molecule has 0 saturated heterocycles. The van der Waals surface area contributed by atoms with E-state index < -0.39 is 10.0 Å². The van der Waals surface area contributed by atoms with Gasteiger partial charge in [-0.3, -0.25) is 4.79 Å². The van der Waals surface area contributed by atoms with Gasteiger partial charge in [-0.25, -0.2) is 13.1 Å². The van der Waals surface area contributed by atoms with E-state index in [4.69, 9.17) is 0 Å². The lowest BCUT2D eigenvalue weighted by molar-refractivity contribution is -0.118. The Balaban J connectivity index is 1.40. The maximum Gasteiger partial charge on any atom is 0.240 e. The van der Waals surface area contributed by atoms with E-state index in [1.165, 1.54) is 5.56 Å². The van der Waals surface area contributed by atoms with E-state index >= 15 is 0 Å². The topological polar surface area (TPSA) is 66.5 Å². The van der Waals surface area contributed by atoms with Gasteiger partial charge in [-0.15, -0.1) is 0 Å². The molecule has 148 valence electrons. The molecule has 0 radical (unpaired) electrons. The van der Waals surface area contributed by atoms with Crippen molar-refractivity contribution < 1.29 is 13.2 Å². The monoisotopic (exact) mass is 462 g/mol. The maximum absolute atomic E-state index is 12.8. The SMILES string of the molecule is C[C@@H]1Cc2cc(Br)ccc2N1C(=O)CCc1ccc(S(=O)(=O)NC2CC2)cc1. The summed E-state index contributed by atoms with van der Waals surface area (Å²) in [4.78, 5) is 15.0. The van der Waals surface area contributed by atoms with E-state index in [9.17, 15) is 13.2 Å². The van der Waals surface area contributed by atoms with Gasteiger partial charge in [0, 0.05) is 28.7 Å². The molecule has 1 fully saturated rings. The lowest BCUT2D eigenvalue weighted by atomic mass is 10.1. The molecule has 1 saturated carbocycles. The van der Waals surface area contributed by atoms with Crippen LogP contribution in [0.1, 0.15) is 37.3 Å². The standard InChI is InChI=1S/C21H23BrN2O3S/c1-14-12-16-13-17(22)5-10-20(16)24(14)21(25)11-4-15-2-8-19(9-3-15)28(26,27)23-18-6-7-18/h2-3,5,8-10,13-14,18,23H,4,6-7,11-12H2,1H3/t14-/m1/s1. The van der Waals surface area contributed by atoms with Gasteiger partial charge in [0.1, 0.15) is 0 Å². The Morgan fingerprint density at radius 3 is 2.57 bits per heavy atom. The minimum atomic E-state index is -3.43. The van der Waals surface area contributed by atoms with Gasteiger partial charge in [-0.1, -0.05) is 28.1 Å². The van der Waals surface area contributed by atoms with Crippen LogP contribution in [0.4, 0.5) is 5.69 Å². The van der Waals surface area contributed by atoms with Crippen LogP contribution in [0.15, 0.2) is 51.8 Å². The summed E-state index contributed by atoms with van der Waals surface area (Å²) >= 11 is 3.49. The van der Waals surface area contributed by atoms with Gasteiger partial charge in [0.25, 0.3) is 0 Å². The quantitative estimate of drug-likeness (QED) is 0.709. The molecule has 5 nitrogen and oxygen atoms in total. The Morgan fingerprint density at radius 1 is 1.18 bits per heavy atom. The molecule has 7 heteroatoms. The zero-order chi connectivity index (χ0) is 19.9. The summed E-state index contributed by atoms with van der Waals surface area (Å²) in [6, 6.07) is 13.1. The van der Waals surface area contributed by atoms with Crippen molar-refractivity contribution in [3.63, 3.8) is 0 Å². The summed E-state index contributed by atoms with van der Waals surface area (Å²) in [5, 5.41) is 0. The number of fused-ring (bicyclic) bond motifs is 1. The van der Waals surface area contributed by atoms with Gasteiger partial charge in [0.15, 0.2) is 0 Å². The first kappa shape index (κ1) is 19.6. The normalized spacial score (nSPS) is 18.9. The van der Waals surface area contributed by atoms with Crippen LogP contribution in [0.2, 0.25) is 0 Å². The predicted molar refractivity (Wildman–Crippen MR) is 113 cm³/mol. The van der Waals surface area contributed by atoms with E-state index in [2.05, 4.69) is 33.6 Å². The maximum atomic E-state index is 12.8. The first-order valence-corrected chi connectivity index (χ1v) is 11.8. The fraction of sp³-hybridized carbons (Fsp3) is 0.381. The zero-order valence-electron chi connectivity index (χ0n) is 15.7. The number of hydrogen-bond donors (Lipinski definition) is 1. The lowest BCUT2D eigenvalue weighted by Crippen LogP contribution is -2.35. The van der Waals surface area contributed by atoms with E-state index in [1.807, 2.05) is 17.0 Å². The number of benzene rings is 2. The van der Waals surface area contributed by atoms with E-state index in [-0.39, 0.29) is 22.9 Å². The molecule has 28 heavy (non-hydrogen) atoms. The third-order valence-electron chi connectivity index (χ3n) is 5.29. The van der Waals surface area contributed by atoms with Crippen LogP contribution in [0, 0.1) is 0 Å². The molecular weight excluding hydrogens is 440 g/mol. The second kappa shape index (κ2) is 7.61. The minimum absolute atomic E-state index is 0.0910. The molecule has 0 unspecified atom stereocenters. The molecule has 1 heterocycles. The summed E-state index contributed by atoms with van der Waals surface area (Å²) in [5.74, 6) is 0.0978. The number of halogens is 1. The highest BCUT2D eigenvalue weighted by Crippen LogP contribution is 2.34. The first-order valence-electron chi connectivity index (χ1n) is 9.55. The molecule has 2 aromatic rings. The second-order valence-corrected chi connectivity index (χ2v) is 10.3. The van der Waals surface area contributed by atoms with Crippen LogP contribution < -0.4 is 9.62 Å². The summed E-state index contributed by atoms with van der Waals surface area (Å²) in [5.41, 5.74) is 3.14. The molecule has 4 rings (SSSR count). The van der Waals surface area contributed by atoms with Crippen LogP contribution in [0.3, 0.4) is 0 Å². The van der Waals surface area contributed by atoms with E-state index in [1.54, 1.807) is 24.3 Å². The Labute approximate surface area is 174 Å². The molecule has 1 aliphatic heterocycles. The van der Waals surface area contributed by atoms with Crippen molar-refractivity contribution in [2.24, 2.45) is 0 Å². The van der Waals surface area contributed by atoms with Crippen molar-refractivity contribution in [2.45, 2.75) is 56.0 Å². The second-order valence-electron chi connectivity index (χ2n) is 7.63. The molecular formula is C21H23BrN2O3S. The fourth-order valence-electron chi connectivity index (χ4n) is 3.68. The van der Waals surface area contributed by atoms with Crippen molar-refractivity contribution >= 4 is 37.5 Å². The Hall–Kier alpha value is -1.70. The van der Waals surface area contributed by atoms with Crippen molar-refractivity contribution in [3.05, 3.63) is 58.1 Å². The third-order valence-corrected chi connectivity index (χ3v) is 7.32. The first-order chi connectivity index (χ1) is 13.3. The Bertz CT molecular complexity index is 1000. The summed E-state index contributed by atoms with van der Waals surface area (Å²) in [7, 11) is -3.43. The third kappa shape index (κ3) is 4.16. The van der Waals surface area contributed by atoms with Crippen molar-refractivity contribution in [3.8, 4) is 0 Å². The average molecular weight is 463 g/mol. The summed E-state index contributed by atoms with van der Waals surface area (Å²) in [6.07, 6.45) is 3.67. The number of carbonyl (C=O) groups excluding carboxylic acids is 1. The van der Waals surface area contributed by atoms with Crippen LogP contribution >= 0.6 is 15.9 Å². The van der Waals surface area contributed by atoms with Crippen LogP contribution in [-0.2, 0) is 27.7 Å². The van der Waals surface area contributed by atoms with Gasteiger partial charge in [-0.05, 0) is 74.1 Å². The highest BCUT2D eigenvalue weighted by atomic mass is 79.9. The molecule has 1 aliphatic carbocycles. The fourth-order valence-corrected chi connectivity index (χ4v) is 5.39. The van der Waals surface area contributed by atoms with Gasteiger partial charge >= 0.3 is 0 Å². The number of sulfonamides is 1. The van der Waals surface area contributed by atoms with Gasteiger partial charge in [-0.2, -0.15) is 0 Å². The number of amides is 1. The summed E-state index contributed by atoms with van der Waals surface area (Å²) in [6.45, 7) is 2.07. The number of rotatable bonds is 6. The van der Waals surface area contributed by atoms with E-state index in [0.717, 1.165) is 35.0 Å². The number of carbonyl (C=O) groups is 1. The average Bonchev–Trinajstić information content (AvgIpc) is 3.39. The number of hydrogen-bond acceptors (Lipinski definition) is 3. The Morgan fingerprint density at radius 2 is 1.89 bits per heavy atom. The van der Waals surface area contributed by atoms with Crippen molar-refractivity contribution in [1.82, 2.24) is 4.72 Å². The molecule has 1 N–H and O–H groups in total. The number of anilines is 1. The summed E-state index contributed by atoms with van der Waals surface area (Å²) < 4.78 is 28.2. The van der Waals surface area contributed by atoms with Gasteiger partial charge < -0.3 is 4.90 Å². The van der Waals surface area contributed by atoms with Crippen LogP contribution in [0.5, 0.6) is 0 Å². The van der Waals surface area contributed by atoms with Gasteiger partial charge in [0.05, 0.1) is 4.90 Å². The van der Waals surface area contributed by atoms with Gasteiger partial charge in [0.2, 0.25) is 15.9 Å². The highest BCUT2D eigenvalue weighted by molar-refractivity contribution is 9.10. The number of nitrogens with one attached hydrogen (secondary N) is 1.